The minimum atomic E-state index is -0.489. The Labute approximate surface area is 194 Å². The molecule has 1 saturated heterocycles. The molecule has 5 heterocycles. The fourth-order valence-electron chi connectivity index (χ4n) is 4.17. The van der Waals surface area contributed by atoms with Gasteiger partial charge in [-0.25, -0.2) is 13.9 Å². The van der Waals surface area contributed by atoms with E-state index >= 15 is 4.39 Å². The molecule has 4 aromatic heterocycles. The van der Waals surface area contributed by atoms with E-state index in [-0.39, 0.29) is 11.7 Å². The van der Waals surface area contributed by atoms with Gasteiger partial charge in [-0.05, 0) is 18.1 Å². The van der Waals surface area contributed by atoms with E-state index in [0.29, 0.717) is 48.4 Å². The normalized spacial score (nSPS) is 13.6. The number of carbonyl (C=O) groups is 1. The summed E-state index contributed by atoms with van der Waals surface area (Å²) in [7, 11) is 1.82. The number of hydrogen-bond donors (Lipinski definition) is 0. The van der Waals surface area contributed by atoms with Gasteiger partial charge in [0.05, 0.1) is 23.5 Å². The average Bonchev–Trinajstić information content (AvgIpc) is 3.49. The first-order valence-corrected chi connectivity index (χ1v) is 10.6. The second-order valence-electron chi connectivity index (χ2n) is 7.96. The number of nitriles is 1. The standard InChI is InChI=1S/C24H19FN8O/c1-3-22(34)31-4-6-32(7-5-31)24-21(25)9-16(11-27-24)20-8-17(19-13-28-30(2)14-19)15-33-23(20)18(10-26)12-29-33/h1,8-9,11-15H,4-7H2,2H3. The molecular formula is C24H19FN8O. The van der Waals surface area contributed by atoms with Gasteiger partial charge < -0.3 is 9.80 Å². The zero-order valence-corrected chi connectivity index (χ0v) is 18.3. The van der Waals surface area contributed by atoms with Crippen LogP contribution in [0.3, 0.4) is 0 Å². The van der Waals surface area contributed by atoms with E-state index in [4.69, 9.17) is 6.42 Å². The summed E-state index contributed by atoms with van der Waals surface area (Å²) < 4.78 is 18.6. The summed E-state index contributed by atoms with van der Waals surface area (Å²) in [6.45, 7) is 1.67. The van der Waals surface area contributed by atoms with Gasteiger partial charge in [0.25, 0.3) is 5.91 Å². The number of pyridine rings is 2. The van der Waals surface area contributed by atoms with Crippen LogP contribution in [0.2, 0.25) is 0 Å². The van der Waals surface area contributed by atoms with Crippen LogP contribution in [-0.4, -0.2) is 61.4 Å². The predicted molar refractivity (Wildman–Crippen MR) is 123 cm³/mol. The molecular weight excluding hydrogens is 435 g/mol. The average molecular weight is 454 g/mol. The van der Waals surface area contributed by atoms with Crippen molar-refractivity contribution in [3.05, 3.63) is 54.5 Å². The van der Waals surface area contributed by atoms with Crippen molar-refractivity contribution in [1.82, 2.24) is 29.3 Å². The fourth-order valence-corrected chi connectivity index (χ4v) is 4.17. The lowest BCUT2D eigenvalue weighted by atomic mass is 10.0. The molecule has 0 bridgehead atoms. The van der Waals surface area contributed by atoms with E-state index in [2.05, 4.69) is 27.2 Å². The molecule has 0 spiro atoms. The Kier molecular flexibility index (Phi) is 5.19. The van der Waals surface area contributed by atoms with Crippen molar-refractivity contribution >= 4 is 17.2 Å². The lowest BCUT2D eigenvalue weighted by Gasteiger charge is -2.34. The maximum Gasteiger partial charge on any atom is 0.298 e. The molecule has 9 nitrogen and oxygen atoms in total. The Morgan fingerprint density at radius 1 is 1.06 bits per heavy atom. The van der Waals surface area contributed by atoms with Gasteiger partial charge in [0.2, 0.25) is 0 Å². The van der Waals surface area contributed by atoms with Crippen LogP contribution in [0.25, 0.3) is 27.8 Å². The number of nitrogens with zero attached hydrogens (tertiary/aromatic N) is 8. The molecule has 0 unspecified atom stereocenters. The molecule has 1 aliphatic rings. The first-order valence-electron chi connectivity index (χ1n) is 10.6. The quantitative estimate of drug-likeness (QED) is 0.440. The molecule has 1 amide bonds. The minimum Gasteiger partial charge on any atom is -0.351 e. The first-order chi connectivity index (χ1) is 16.5. The van der Waals surface area contributed by atoms with Crippen molar-refractivity contribution in [1.29, 1.82) is 5.26 Å². The van der Waals surface area contributed by atoms with E-state index in [0.717, 1.165) is 11.1 Å². The van der Waals surface area contributed by atoms with Crippen LogP contribution < -0.4 is 4.90 Å². The molecule has 0 atom stereocenters. The van der Waals surface area contributed by atoms with Crippen LogP contribution in [0, 0.1) is 29.5 Å². The Balaban J connectivity index is 1.53. The Bertz CT molecular complexity index is 1500. The summed E-state index contributed by atoms with van der Waals surface area (Å²) in [6.07, 6.45) is 13.7. The third kappa shape index (κ3) is 3.61. The van der Waals surface area contributed by atoms with Crippen molar-refractivity contribution in [2.75, 3.05) is 31.1 Å². The largest absolute Gasteiger partial charge is 0.351 e. The maximum absolute atomic E-state index is 15.3. The van der Waals surface area contributed by atoms with Crippen LogP contribution in [0.5, 0.6) is 0 Å². The van der Waals surface area contributed by atoms with Crippen molar-refractivity contribution in [2.45, 2.75) is 0 Å². The fraction of sp³-hybridized carbons (Fsp3) is 0.208. The Morgan fingerprint density at radius 3 is 2.50 bits per heavy atom. The van der Waals surface area contributed by atoms with E-state index in [1.165, 1.54) is 12.3 Å². The van der Waals surface area contributed by atoms with Crippen LogP contribution in [-0.2, 0) is 11.8 Å². The van der Waals surface area contributed by atoms with Gasteiger partial charge in [-0.2, -0.15) is 15.5 Å². The summed E-state index contributed by atoms with van der Waals surface area (Å²) in [4.78, 5) is 19.4. The smallest absolute Gasteiger partial charge is 0.298 e. The van der Waals surface area contributed by atoms with Crippen molar-refractivity contribution in [3.8, 4) is 40.7 Å². The molecule has 1 fully saturated rings. The molecule has 5 rings (SSSR count). The number of terminal acetylenes is 1. The van der Waals surface area contributed by atoms with Gasteiger partial charge in [-0.3, -0.25) is 9.48 Å². The molecule has 34 heavy (non-hydrogen) atoms. The second-order valence-corrected chi connectivity index (χ2v) is 7.96. The van der Waals surface area contributed by atoms with Crippen LogP contribution >= 0.6 is 0 Å². The van der Waals surface area contributed by atoms with Crippen LogP contribution in [0.15, 0.2) is 43.1 Å². The number of halogens is 1. The topological polar surface area (TPSA) is 95.3 Å². The van der Waals surface area contributed by atoms with E-state index in [1.807, 2.05) is 25.5 Å². The number of carbonyl (C=O) groups excluding carboxylic acids is 1. The van der Waals surface area contributed by atoms with Gasteiger partial charge in [-0.1, -0.05) is 0 Å². The van der Waals surface area contributed by atoms with E-state index < -0.39 is 5.82 Å². The van der Waals surface area contributed by atoms with Crippen molar-refractivity contribution in [3.63, 3.8) is 0 Å². The molecule has 0 aliphatic carbocycles. The lowest BCUT2D eigenvalue weighted by Crippen LogP contribution is -2.49. The van der Waals surface area contributed by atoms with Gasteiger partial charge in [0, 0.05) is 74.1 Å². The summed E-state index contributed by atoms with van der Waals surface area (Å²) in [6, 6.07) is 5.45. The predicted octanol–water partition coefficient (Wildman–Crippen LogP) is 2.09. The highest BCUT2D eigenvalue weighted by atomic mass is 19.1. The Hall–Kier alpha value is -4.70. The number of piperazine rings is 1. The van der Waals surface area contributed by atoms with Crippen LogP contribution in [0.1, 0.15) is 5.56 Å². The molecule has 168 valence electrons. The van der Waals surface area contributed by atoms with Gasteiger partial charge in [-0.15, -0.1) is 6.42 Å². The van der Waals surface area contributed by atoms with Crippen molar-refractivity contribution in [2.24, 2.45) is 7.05 Å². The number of rotatable bonds is 3. The SMILES string of the molecule is C#CC(=O)N1CCN(c2ncc(-c3cc(-c4cnn(C)c4)cn4ncc(C#N)c34)cc2F)CC1. The number of anilines is 1. The van der Waals surface area contributed by atoms with E-state index in [9.17, 15) is 10.1 Å². The third-order valence-electron chi connectivity index (χ3n) is 5.89. The van der Waals surface area contributed by atoms with Crippen LogP contribution in [0.4, 0.5) is 10.2 Å². The molecule has 0 aromatic carbocycles. The van der Waals surface area contributed by atoms with Gasteiger partial charge in [0.15, 0.2) is 11.6 Å². The minimum absolute atomic E-state index is 0.213. The zero-order chi connectivity index (χ0) is 23.8. The van der Waals surface area contributed by atoms with Gasteiger partial charge >= 0.3 is 0 Å². The molecule has 0 N–H and O–H groups in total. The number of aromatic nitrogens is 5. The molecule has 0 radical (unpaired) electrons. The number of hydrogen-bond acceptors (Lipinski definition) is 6. The van der Waals surface area contributed by atoms with E-state index in [1.54, 1.807) is 31.4 Å². The summed E-state index contributed by atoms with van der Waals surface area (Å²) >= 11 is 0. The third-order valence-corrected chi connectivity index (χ3v) is 5.89. The van der Waals surface area contributed by atoms with Gasteiger partial charge in [0.1, 0.15) is 6.07 Å². The summed E-state index contributed by atoms with van der Waals surface area (Å²) in [5, 5.41) is 18.1. The second kappa shape index (κ2) is 8.34. The zero-order valence-electron chi connectivity index (χ0n) is 18.3. The number of amides is 1. The highest BCUT2D eigenvalue weighted by molar-refractivity contribution is 5.93. The number of aryl methyl sites for hydroxylation is 1. The molecule has 4 aromatic rings. The highest BCUT2D eigenvalue weighted by Gasteiger charge is 2.23. The van der Waals surface area contributed by atoms with Crippen molar-refractivity contribution < 1.29 is 9.18 Å². The first kappa shape index (κ1) is 21.2. The summed E-state index contributed by atoms with van der Waals surface area (Å²) in [5.41, 5.74) is 3.80. The lowest BCUT2D eigenvalue weighted by molar-refractivity contribution is -0.125. The highest BCUT2D eigenvalue weighted by Crippen LogP contribution is 2.33. The molecule has 1 aliphatic heterocycles. The monoisotopic (exact) mass is 454 g/mol. The Morgan fingerprint density at radius 2 is 1.85 bits per heavy atom. The molecule has 0 saturated carbocycles. The number of fused-ring (bicyclic) bond motifs is 1. The summed E-state index contributed by atoms with van der Waals surface area (Å²) in [5.74, 6) is 1.47. The molecule has 10 heteroatoms. The maximum atomic E-state index is 15.3.